The van der Waals surface area contributed by atoms with Gasteiger partial charge >= 0.3 is 0 Å². The summed E-state index contributed by atoms with van der Waals surface area (Å²) in [6.45, 7) is 9.15. The molecule has 0 aliphatic carbocycles. The minimum absolute atomic E-state index is 0.0626. The predicted octanol–water partition coefficient (Wildman–Crippen LogP) is 1.14. The lowest BCUT2D eigenvalue weighted by molar-refractivity contribution is -0.132. The Kier molecular flexibility index (Phi) is 4.95. The fourth-order valence-electron chi connectivity index (χ4n) is 2.48. The van der Waals surface area contributed by atoms with Crippen LogP contribution in [0.15, 0.2) is 0 Å². The summed E-state index contributed by atoms with van der Waals surface area (Å²) < 4.78 is 0. The molecule has 0 aromatic rings. The highest BCUT2D eigenvalue weighted by molar-refractivity contribution is 5.84. The van der Waals surface area contributed by atoms with Crippen LogP contribution in [0.5, 0.6) is 0 Å². The molecule has 1 aliphatic heterocycles. The van der Waals surface area contributed by atoms with E-state index in [4.69, 9.17) is 0 Å². The van der Waals surface area contributed by atoms with E-state index in [0.717, 1.165) is 25.8 Å². The number of β-amino-alcohol motifs (C(OH)–C–C–N with tert-alkyl or cyclic N) is 1. The van der Waals surface area contributed by atoms with Crippen LogP contribution in [0.25, 0.3) is 0 Å². The first-order valence-electron chi connectivity index (χ1n) is 6.63. The maximum atomic E-state index is 12.1. The molecule has 17 heavy (non-hydrogen) atoms. The normalized spacial score (nSPS) is 24.5. The molecule has 2 atom stereocenters. The largest absolute Gasteiger partial charge is 0.388 e. The highest BCUT2D eigenvalue weighted by Crippen LogP contribution is 2.19. The van der Waals surface area contributed by atoms with Gasteiger partial charge in [-0.1, -0.05) is 27.2 Å². The summed E-state index contributed by atoms with van der Waals surface area (Å²) in [5, 5.41) is 13.4. The van der Waals surface area contributed by atoms with Crippen molar-refractivity contribution < 1.29 is 9.90 Å². The summed E-state index contributed by atoms with van der Waals surface area (Å²) in [7, 11) is 0. The van der Waals surface area contributed by atoms with E-state index in [9.17, 15) is 9.90 Å². The predicted molar refractivity (Wildman–Crippen MR) is 68.8 cm³/mol. The number of nitrogens with one attached hydrogen (secondary N) is 1. The number of hydrogen-bond donors (Lipinski definition) is 2. The van der Waals surface area contributed by atoms with Crippen LogP contribution in [0, 0.1) is 0 Å². The highest BCUT2D eigenvalue weighted by Gasteiger charge is 2.35. The van der Waals surface area contributed by atoms with Gasteiger partial charge in [0.15, 0.2) is 0 Å². The van der Waals surface area contributed by atoms with Gasteiger partial charge in [-0.2, -0.15) is 0 Å². The van der Waals surface area contributed by atoms with Gasteiger partial charge in [0.1, 0.15) is 0 Å². The van der Waals surface area contributed by atoms with Crippen molar-refractivity contribution >= 4 is 5.91 Å². The smallest absolute Gasteiger partial charge is 0.239 e. The second kappa shape index (κ2) is 5.83. The van der Waals surface area contributed by atoms with Crippen molar-refractivity contribution in [2.75, 3.05) is 13.1 Å². The summed E-state index contributed by atoms with van der Waals surface area (Å²) in [4.78, 5) is 13.9. The number of amides is 1. The van der Waals surface area contributed by atoms with E-state index in [1.54, 1.807) is 4.90 Å². The Balaban J connectivity index is 2.50. The molecule has 0 aromatic carbocycles. The van der Waals surface area contributed by atoms with E-state index in [2.05, 4.69) is 5.32 Å². The molecular formula is C13H26N2O2. The van der Waals surface area contributed by atoms with Gasteiger partial charge < -0.3 is 15.3 Å². The summed E-state index contributed by atoms with van der Waals surface area (Å²) in [5.41, 5.74) is -0.753. The van der Waals surface area contributed by atoms with Gasteiger partial charge in [0.2, 0.25) is 5.91 Å². The Labute approximate surface area is 104 Å². The minimum Gasteiger partial charge on any atom is -0.388 e. The van der Waals surface area contributed by atoms with E-state index in [0.29, 0.717) is 12.6 Å². The molecule has 1 fully saturated rings. The van der Waals surface area contributed by atoms with Crippen LogP contribution < -0.4 is 5.32 Å². The first-order chi connectivity index (χ1) is 7.85. The number of carbonyl (C=O) groups is 1. The van der Waals surface area contributed by atoms with Gasteiger partial charge in [0.25, 0.3) is 0 Å². The van der Waals surface area contributed by atoms with Crippen molar-refractivity contribution in [3.05, 3.63) is 0 Å². The van der Waals surface area contributed by atoms with Crippen molar-refractivity contribution in [2.24, 2.45) is 0 Å². The molecule has 100 valence electrons. The van der Waals surface area contributed by atoms with E-state index < -0.39 is 5.60 Å². The summed E-state index contributed by atoms with van der Waals surface area (Å²) in [6.07, 6.45) is 2.51. The van der Waals surface area contributed by atoms with Crippen molar-refractivity contribution in [2.45, 2.75) is 64.6 Å². The molecule has 1 rings (SSSR count). The number of hydrogen-bond acceptors (Lipinski definition) is 3. The number of nitrogens with zero attached hydrogens (tertiary/aromatic N) is 1. The van der Waals surface area contributed by atoms with Crippen LogP contribution >= 0.6 is 0 Å². The molecule has 4 heteroatoms. The third-order valence-electron chi connectivity index (χ3n) is 3.15. The monoisotopic (exact) mass is 242 g/mol. The standard InChI is InChI=1S/C13H26N2O2/c1-5-7-13(4,17)9-15-8-6-11(12(15)16)14-10(2)3/h10-11,14,17H,5-9H2,1-4H3. The summed E-state index contributed by atoms with van der Waals surface area (Å²) >= 11 is 0. The second-order valence-corrected chi connectivity index (χ2v) is 5.67. The van der Waals surface area contributed by atoms with E-state index in [1.165, 1.54) is 0 Å². The second-order valence-electron chi connectivity index (χ2n) is 5.67. The van der Waals surface area contributed by atoms with Gasteiger partial charge in [-0.3, -0.25) is 4.79 Å². The van der Waals surface area contributed by atoms with Crippen LogP contribution in [-0.4, -0.2) is 46.7 Å². The molecule has 4 nitrogen and oxygen atoms in total. The van der Waals surface area contributed by atoms with Gasteiger partial charge in [-0.25, -0.2) is 0 Å². The van der Waals surface area contributed by atoms with Crippen molar-refractivity contribution in [1.82, 2.24) is 10.2 Å². The molecule has 0 spiro atoms. The molecule has 0 saturated carbocycles. The van der Waals surface area contributed by atoms with E-state index in [1.807, 2.05) is 27.7 Å². The molecule has 0 radical (unpaired) electrons. The fraction of sp³-hybridized carbons (Fsp3) is 0.923. The number of aliphatic hydroxyl groups is 1. The first-order valence-corrected chi connectivity index (χ1v) is 6.63. The molecule has 0 bridgehead atoms. The Hall–Kier alpha value is -0.610. The average molecular weight is 242 g/mol. The van der Waals surface area contributed by atoms with Crippen LogP contribution in [0.1, 0.15) is 47.0 Å². The quantitative estimate of drug-likeness (QED) is 0.734. The Bertz CT molecular complexity index is 264. The maximum absolute atomic E-state index is 12.1. The highest BCUT2D eigenvalue weighted by atomic mass is 16.3. The van der Waals surface area contributed by atoms with Gasteiger partial charge in [-0.05, 0) is 19.8 Å². The Morgan fingerprint density at radius 1 is 1.59 bits per heavy atom. The van der Waals surface area contributed by atoms with Crippen LogP contribution in [-0.2, 0) is 4.79 Å². The van der Waals surface area contributed by atoms with Gasteiger partial charge in [0, 0.05) is 19.1 Å². The molecular weight excluding hydrogens is 216 g/mol. The average Bonchev–Trinajstić information content (AvgIpc) is 2.48. The molecule has 1 amide bonds. The lowest BCUT2D eigenvalue weighted by atomic mass is 10.0. The zero-order chi connectivity index (χ0) is 13.1. The zero-order valence-corrected chi connectivity index (χ0v) is 11.5. The topological polar surface area (TPSA) is 52.6 Å². The minimum atomic E-state index is -0.753. The molecule has 0 aromatic heterocycles. The number of likely N-dealkylation sites (tertiary alicyclic amines) is 1. The van der Waals surface area contributed by atoms with Crippen LogP contribution in [0.4, 0.5) is 0 Å². The van der Waals surface area contributed by atoms with Crippen molar-refractivity contribution in [3.8, 4) is 0 Å². The summed E-state index contributed by atoms with van der Waals surface area (Å²) in [5.74, 6) is 0.134. The van der Waals surface area contributed by atoms with E-state index in [-0.39, 0.29) is 11.9 Å². The van der Waals surface area contributed by atoms with Crippen LogP contribution in [0.2, 0.25) is 0 Å². The fourth-order valence-corrected chi connectivity index (χ4v) is 2.48. The third kappa shape index (κ3) is 4.28. The SMILES string of the molecule is CCCC(C)(O)CN1CCC(NC(C)C)C1=O. The van der Waals surface area contributed by atoms with Crippen molar-refractivity contribution in [1.29, 1.82) is 0 Å². The van der Waals surface area contributed by atoms with Gasteiger partial charge in [-0.15, -0.1) is 0 Å². The Morgan fingerprint density at radius 2 is 2.24 bits per heavy atom. The molecule has 2 N–H and O–H groups in total. The molecule has 1 saturated heterocycles. The first kappa shape index (κ1) is 14.5. The third-order valence-corrected chi connectivity index (χ3v) is 3.15. The van der Waals surface area contributed by atoms with Crippen molar-refractivity contribution in [3.63, 3.8) is 0 Å². The number of carbonyl (C=O) groups excluding carboxylic acids is 1. The summed E-state index contributed by atoms with van der Waals surface area (Å²) in [6, 6.07) is 0.257. The lowest BCUT2D eigenvalue weighted by Crippen LogP contribution is -2.46. The van der Waals surface area contributed by atoms with Gasteiger partial charge in [0.05, 0.1) is 11.6 Å². The maximum Gasteiger partial charge on any atom is 0.239 e. The Morgan fingerprint density at radius 3 is 2.76 bits per heavy atom. The zero-order valence-electron chi connectivity index (χ0n) is 11.5. The van der Waals surface area contributed by atoms with Crippen LogP contribution in [0.3, 0.4) is 0 Å². The number of rotatable bonds is 6. The molecule has 1 heterocycles. The lowest BCUT2D eigenvalue weighted by Gasteiger charge is -2.29. The van der Waals surface area contributed by atoms with E-state index >= 15 is 0 Å². The molecule has 2 unspecified atom stereocenters. The molecule has 1 aliphatic rings.